The van der Waals surface area contributed by atoms with Gasteiger partial charge in [-0.3, -0.25) is 4.79 Å². The number of fused-ring (bicyclic) bond motifs is 1. The minimum absolute atomic E-state index is 0.0219. The Balaban J connectivity index is 1.64. The molecule has 0 radical (unpaired) electrons. The lowest BCUT2D eigenvalue weighted by Gasteiger charge is -2.19. The van der Waals surface area contributed by atoms with E-state index in [0.717, 1.165) is 44.7 Å². The molecule has 4 rings (SSSR count). The van der Waals surface area contributed by atoms with Crippen molar-refractivity contribution in [1.82, 2.24) is 14.9 Å². The molecule has 5 nitrogen and oxygen atoms in total. The molecule has 1 amide bonds. The van der Waals surface area contributed by atoms with Gasteiger partial charge in [-0.2, -0.15) is 0 Å². The van der Waals surface area contributed by atoms with E-state index in [1.807, 2.05) is 17.0 Å². The fourth-order valence-electron chi connectivity index (χ4n) is 3.27. The van der Waals surface area contributed by atoms with Crippen LogP contribution in [-0.2, 0) is 6.42 Å². The number of rotatable bonds is 2. The first-order chi connectivity index (χ1) is 10.8. The topological polar surface area (TPSA) is 49.3 Å². The van der Waals surface area contributed by atoms with Crippen molar-refractivity contribution in [1.29, 1.82) is 0 Å². The van der Waals surface area contributed by atoms with Gasteiger partial charge in [-0.05, 0) is 30.9 Å². The second-order valence-electron chi connectivity index (χ2n) is 5.79. The summed E-state index contributed by atoms with van der Waals surface area (Å²) in [5, 5.41) is 0. The molecule has 2 aliphatic rings. The van der Waals surface area contributed by atoms with Crippen molar-refractivity contribution in [3.8, 4) is 0 Å². The largest absolute Gasteiger partial charge is 0.337 e. The zero-order valence-corrected chi connectivity index (χ0v) is 12.4. The van der Waals surface area contributed by atoms with Crippen molar-refractivity contribution in [2.24, 2.45) is 0 Å². The van der Waals surface area contributed by atoms with E-state index in [1.165, 1.54) is 17.6 Å². The van der Waals surface area contributed by atoms with Gasteiger partial charge in [0.05, 0.1) is 0 Å². The Hall–Kier alpha value is -2.43. The van der Waals surface area contributed by atoms with Crippen LogP contribution in [0.4, 0.5) is 11.5 Å². The van der Waals surface area contributed by atoms with Gasteiger partial charge in [-0.15, -0.1) is 0 Å². The number of para-hydroxylation sites is 1. The van der Waals surface area contributed by atoms with E-state index in [9.17, 15) is 4.79 Å². The van der Waals surface area contributed by atoms with Gasteiger partial charge >= 0.3 is 0 Å². The summed E-state index contributed by atoms with van der Waals surface area (Å²) in [7, 11) is 0. The number of nitrogens with zero attached hydrogens (tertiary/aromatic N) is 4. The third-order valence-corrected chi connectivity index (χ3v) is 4.43. The molecular weight excluding hydrogens is 276 g/mol. The molecule has 22 heavy (non-hydrogen) atoms. The van der Waals surface area contributed by atoms with Gasteiger partial charge < -0.3 is 9.80 Å². The van der Waals surface area contributed by atoms with Crippen LogP contribution >= 0.6 is 0 Å². The van der Waals surface area contributed by atoms with E-state index >= 15 is 0 Å². The molecule has 1 aromatic heterocycles. The summed E-state index contributed by atoms with van der Waals surface area (Å²) in [6.07, 6.45) is 4.68. The molecule has 2 aromatic rings. The Morgan fingerprint density at radius 3 is 2.73 bits per heavy atom. The summed E-state index contributed by atoms with van der Waals surface area (Å²) in [4.78, 5) is 25.1. The van der Waals surface area contributed by atoms with E-state index in [0.29, 0.717) is 5.69 Å². The first kappa shape index (κ1) is 13.2. The van der Waals surface area contributed by atoms with E-state index in [4.69, 9.17) is 0 Å². The molecule has 0 bridgehead atoms. The van der Waals surface area contributed by atoms with Crippen LogP contribution in [0, 0.1) is 0 Å². The Morgan fingerprint density at radius 1 is 1.05 bits per heavy atom. The summed E-state index contributed by atoms with van der Waals surface area (Å²) in [5.41, 5.74) is 3.01. The second-order valence-corrected chi connectivity index (χ2v) is 5.79. The van der Waals surface area contributed by atoms with E-state index in [1.54, 1.807) is 0 Å². The van der Waals surface area contributed by atoms with Crippen LogP contribution in [0.15, 0.2) is 36.7 Å². The van der Waals surface area contributed by atoms with Crippen LogP contribution in [-0.4, -0.2) is 40.4 Å². The normalized spacial score (nSPS) is 16.9. The number of carbonyl (C=O) groups is 1. The second kappa shape index (κ2) is 5.40. The van der Waals surface area contributed by atoms with Crippen molar-refractivity contribution < 1.29 is 4.79 Å². The van der Waals surface area contributed by atoms with Crippen molar-refractivity contribution in [2.45, 2.75) is 19.3 Å². The van der Waals surface area contributed by atoms with Crippen LogP contribution < -0.4 is 4.90 Å². The van der Waals surface area contributed by atoms with Gasteiger partial charge in [0.15, 0.2) is 0 Å². The molecule has 112 valence electrons. The molecule has 5 heteroatoms. The smallest absolute Gasteiger partial charge is 0.272 e. The van der Waals surface area contributed by atoms with Gasteiger partial charge in [0, 0.05) is 31.4 Å². The summed E-state index contributed by atoms with van der Waals surface area (Å²) in [6.45, 7) is 2.57. The van der Waals surface area contributed by atoms with E-state index < -0.39 is 0 Å². The summed E-state index contributed by atoms with van der Waals surface area (Å²) >= 11 is 0. The molecule has 0 aliphatic carbocycles. The maximum atomic E-state index is 12.5. The molecule has 2 aliphatic heterocycles. The number of likely N-dealkylation sites (tertiary alicyclic amines) is 1. The Bertz CT molecular complexity index is 709. The van der Waals surface area contributed by atoms with Crippen LogP contribution in [0.1, 0.15) is 28.9 Å². The van der Waals surface area contributed by atoms with Crippen LogP contribution in [0.2, 0.25) is 0 Å². The number of benzene rings is 1. The highest BCUT2D eigenvalue weighted by Crippen LogP contribution is 2.33. The van der Waals surface area contributed by atoms with Gasteiger partial charge in [0.1, 0.15) is 17.8 Å². The number of hydrogen-bond acceptors (Lipinski definition) is 4. The van der Waals surface area contributed by atoms with Crippen molar-refractivity contribution in [3.63, 3.8) is 0 Å². The lowest BCUT2D eigenvalue weighted by molar-refractivity contribution is 0.0787. The maximum absolute atomic E-state index is 12.5. The predicted molar refractivity (Wildman–Crippen MR) is 84.3 cm³/mol. The molecule has 0 unspecified atom stereocenters. The Kier molecular flexibility index (Phi) is 3.25. The maximum Gasteiger partial charge on any atom is 0.272 e. The number of anilines is 2. The fraction of sp³-hybridized carbons (Fsp3) is 0.353. The average molecular weight is 294 g/mol. The molecular formula is C17H18N4O. The third-order valence-electron chi connectivity index (χ3n) is 4.43. The zero-order valence-electron chi connectivity index (χ0n) is 12.4. The molecule has 0 atom stereocenters. The van der Waals surface area contributed by atoms with Gasteiger partial charge in [0.25, 0.3) is 5.91 Å². The van der Waals surface area contributed by atoms with Gasteiger partial charge in [-0.25, -0.2) is 9.97 Å². The van der Waals surface area contributed by atoms with Crippen molar-refractivity contribution in [2.75, 3.05) is 24.5 Å². The molecule has 3 heterocycles. The van der Waals surface area contributed by atoms with Crippen LogP contribution in [0.25, 0.3) is 0 Å². The van der Waals surface area contributed by atoms with Gasteiger partial charge in [0.2, 0.25) is 0 Å². The van der Waals surface area contributed by atoms with Gasteiger partial charge in [-0.1, -0.05) is 18.2 Å². The van der Waals surface area contributed by atoms with Crippen molar-refractivity contribution in [3.05, 3.63) is 47.9 Å². The molecule has 0 spiro atoms. The zero-order chi connectivity index (χ0) is 14.9. The Morgan fingerprint density at radius 2 is 1.86 bits per heavy atom. The quantitative estimate of drug-likeness (QED) is 0.853. The monoisotopic (exact) mass is 294 g/mol. The first-order valence-electron chi connectivity index (χ1n) is 7.80. The van der Waals surface area contributed by atoms with Crippen LogP contribution in [0.5, 0.6) is 0 Å². The molecule has 1 aromatic carbocycles. The molecule has 0 saturated carbocycles. The number of aromatic nitrogens is 2. The minimum atomic E-state index is 0.0219. The standard InChI is InChI=1S/C17H18N4O/c22-17(20-8-3-4-9-20)14-11-16(19-12-18-14)21-10-7-13-5-1-2-6-15(13)21/h1-2,5-6,11-12H,3-4,7-10H2. The lowest BCUT2D eigenvalue weighted by Crippen LogP contribution is -2.28. The fourth-order valence-corrected chi connectivity index (χ4v) is 3.27. The molecule has 0 N–H and O–H groups in total. The number of carbonyl (C=O) groups excluding carboxylic acids is 1. The average Bonchev–Trinajstić information content (AvgIpc) is 3.24. The number of hydrogen-bond donors (Lipinski definition) is 0. The highest BCUT2D eigenvalue weighted by Gasteiger charge is 2.24. The highest BCUT2D eigenvalue weighted by molar-refractivity contribution is 5.93. The molecule has 1 fully saturated rings. The summed E-state index contributed by atoms with van der Waals surface area (Å²) < 4.78 is 0. The van der Waals surface area contributed by atoms with E-state index in [2.05, 4.69) is 33.1 Å². The Labute approximate surface area is 129 Å². The molecule has 1 saturated heterocycles. The van der Waals surface area contributed by atoms with Crippen molar-refractivity contribution >= 4 is 17.4 Å². The third kappa shape index (κ3) is 2.22. The predicted octanol–water partition coefficient (Wildman–Crippen LogP) is 2.41. The van der Waals surface area contributed by atoms with Crippen LogP contribution in [0.3, 0.4) is 0 Å². The highest BCUT2D eigenvalue weighted by atomic mass is 16.2. The summed E-state index contributed by atoms with van der Waals surface area (Å²) in [5.74, 6) is 0.830. The SMILES string of the molecule is O=C(c1cc(N2CCc3ccccc32)ncn1)N1CCCC1. The van der Waals surface area contributed by atoms with E-state index in [-0.39, 0.29) is 5.91 Å². The minimum Gasteiger partial charge on any atom is -0.337 e. The number of amides is 1. The first-order valence-corrected chi connectivity index (χ1v) is 7.80. The lowest BCUT2D eigenvalue weighted by atomic mass is 10.2. The summed E-state index contributed by atoms with van der Waals surface area (Å²) in [6, 6.07) is 10.2.